The summed E-state index contributed by atoms with van der Waals surface area (Å²) < 4.78 is 3.68. The van der Waals surface area contributed by atoms with Crippen LogP contribution in [0.2, 0.25) is 0 Å². The lowest BCUT2D eigenvalue weighted by atomic mass is 10.1. The van der Waals surface area contributed by atoms with Crippen molar-refractivity contribution >= 4 is 22.6 Å². The maximum atomic E-state index is 13.0. The van der Waals surface area contributed by atoms with Gasteiger partial charge < -0.3 is 5.32 Å². The molecule has 0 radical (unpaired) electrons. The molecule has 2 aliphatic carbocycles. The van der Waals surface area contributed by atoms with Gasteiger partial charge in [0.05, 0.1) is 28.5 Å². The van der Waals surface area contributed by atoms with Crippen LogP contribution in [0, 0.1) is 12.8 Å². The standard InChI is InChI=1S/C19H22N6O/c1-11-17-15(7-16(13-5-6-13)22-18(17)24(2)23-11)19(26)21-14-8-20-25(10-14)9-12-3-4-12/h7-8,10,12-13H,3-6,9H2,1-2H3,(H,21,26). The van der Waals surface area contributed by atoms with Crippen LogP contribution in [-0.4, -0.2) is 30.5 Å². The minimum atomic E-state index is -0.124. The molecule has 134 valence electrons. The van der Waals surface area contributed by atoms with Gasteiger partial charge in [-0.3, -0.25) is 14.2 Å². The predicted octanol–water partition coefficient (Wildman–Crippen LogP) is 3.01. The summed E-state index contributed by atoms with van der Waals surface area (Å²) in [5, 5.41) is 12.7. The Hall–Kier alpha value is -2.70. The molecule has 7 heteroatoms. The highest BCUT2D eigenvalue weighted by Crippen LogP contribution is 2.40. The maximum Gasteiger partial charge on any atom is 0.256 e. The number of hydrogen-bond acceptors (Lipinski definition) is 4. The van der Waals surface area contributed by atoms with E-state index in [1.165, 1.54) is 12.8 Å². The van der Waals surface area contributed by atoms with Crippen LogP contribution in [0.5, 0.6) is 0 Å². The van der Waals surface area contributed by atoms with Crippen molar-refractivity contribution in [2.45, 2.75) is 45.1 Å². The van der Waals surface area contributed by atoms with E-state index in [0.717, 1.165) is 53.4 Å². The van der Waals surface area contributed by atoms with Crippen molar-refractivity contribution in [1.29, 1.82) is 0 Å². The number of aryl methyl sites for hydroxylation is 2. The van der Waals surface area contributed by atoms with E-state index in [1.54, 1.807) is 10.9 Å². The fourth-order valence-corrected chi connectivity index (χ4v) is 3.52. The number of pyridine rings is 1. The summed E-state index contributed by atoms with van der Waals surface area (Å²) in [6, 6.07) is 1.94. The van der Waals surface area contributed by atoms with Crippen molar-refractivity contribution < 1.29 is 4.79 Å². The normalized spacial score (nSPS) is 17.0. The van der Waals surface area contributed by atoms with E-state index in [1.807, 2.05) is 30.9 Å². The Morgan fingerprint density at radius 2 is 2.12 bits per heavy atom. The molecule has 26 heavy (non-hydrogen) atoms. The molecule has 2 fully saturated rings. The summed E-state index contributed by atoms with van der Waals surface area (Å²) in [4.78, 5) is 17.8. The molecule has 0 saturated heterocycles. The van der Waals surface area contributed by atoms with Gasteiger partial charge >= 0.3 is 0 Å². The van der Waals surface area contributed by atoms with Crippen LogP contribution in [0.4, 0.5) is 5.69 Å². The van der Waals surface area contributed by atoms with E-state index in [4.69, 9.17) is 4.98 Å². The predicted molar refractivity (Wildman–Crippen MR) is 98.1 cm³/mol. The van der Waals surface area contributed by atoms with Crippen molar-refractivity contribution in [3.05, 3.63) is 35.4 Å². The third-order valence-electron chi connectivity index (χ3n) is 5.26. The smallest absolute Gasteiger partial charge is 0.256 e. The zero-order valence-corrected chi connectivity index (χ0v) is 15.1. The molecular formula is C19H22N6O. The first-order valence-corrected chi connectivity index (χ1v) is 9.26. The number of carbonyl (C=O) groups excluding carboxylic acids is 1. The third-order valence-corrected chi connectivity index (χ3v) is 5.26. The molecule has 5 rings (SSSR count). The van der Waals surface area contributed by atoms with Gasteiger partial charge in [-0.15, -0.1) is 0 Å². The van der Waals surface area contributed by atoms with E-state index >= 15 is 0 Å². The monoisotopic (exact) mass is 350 g/mol. The van der Waals surface area contributed by atoms with E-state index in [-0.39, 0.29) is 5.91 Å². The molecule has 0 aromatic carbocycles. The van der Waals surface area contributed by atoms with Gasteiger partial charge in [0.15, 0.2) is 5.65 Å². The SMILES string of the molecule is Cc1nn(C)c2nc(C3CC3)cc(C(=O)Nc3cnn(CC4CC4)c3)c12. The number of anilines is 1. The van der Waals surface area contributed by atoms with Gasteiger partial charge in [-0.25, -0.2) is 4.98 Å². The first-order valence-electron chi connectivity index (χ1n) is 9.26. The number of nitrogens with one attached hydrogen (secondary N) is 1. The Morgan fingerprint density at radius 1 is 1.31 bits per heavy atom. The molecule has 0 bridgehead atoms. The molecular weight excluding hydrogens is 328 g/mol. The van der Waals surface area contributed by atoms with Gasteiger partial charge in [0.2, 0.25) is 0 Å². The number of nitrogens with zero attached hydrogens (tertiary/aromatic N) is 5. The van der Waals surface area contributed by atoms with Crippen molar-refractivity contribution in [3.63, 3.8) is 0 Å². The van der Waals surface area contributed by atoms with E-state index in [2.05, 4.69) is 15.5 Å². The van der Waals surface area contributed by atoms with Gasteiger partial charge in [0.25, 0.3) is 5.91 Å². The first-order chi connectivity index (χ1) is 12.6. The molecule has 3 heterocycles. The molecule has 0 spiro atoms. The summed E-state index contributed by atoms with van der Waals surface area (Å²) in [5.74, 6) is 1.10. The highest BCUT2D eigenvalue weighted by Gasteiger charge is 2.28. The van der Waals surface area contributed by atoms with Crippen molar-refractivity contribution in [2.24, 2.45) is 13.0 Å². The van der Waals surface area contributed by atoms with Crippen molar-refractivity contribution in [2.75, 3.05) is 5.32 Å². The summed E-state index contributed by atoms with van der Waals surface area (Å²) >= 11 is 0. The molecule has 0 aliphatic heterocycles. The second-order valence-electron chi connectivity index (χ2n) is 7.63. The van der Waals surface area contributed by atoms with E-state index < -0.39 is 0 Å². The minimum Gasteiger partial charge on any atom is -0.319 e. The van der Waals surface area contributed by atoms with Crippen molar-refractivity contribution in [1.82, 2.24) is 24.5 Å². The molecule has 3 aromatic rings. The van der Waals surface area contributed by atoms with Crippen LogP contribution in [-0.2, 0) is 13.6 Å². The largest absolute Gasteiger partial charge is 0.319 e. The lowest BCUT2D eigenvalue weighted by Crippen LogP contribution is -2.13. The average Bonchev–Trinajstić information content (AvgIpc) is 3.53. The zero-order valence-electron chi connectivity index (χ0n) is 15.1. The number of rotatable bonds is 5. The van der Waals surface area contributed by atoms with Crippen molar-refractivity contribution in [3.8, 4) is 0 Å². The van der Waals surface area contributed by atoms with Gasteiger partial charge in [-0.05, 0) is 44.6 Å². The summed E-state index contributed by atoms with van der Waals surface area (Å²) in [6.07, 6.45) is 8.47. The lowest BCUT2D eigenvalue weighted by Gasteiger charge is -2.08. The Bertz CT molecular complexity index is 1010. The Balaban J connectivity index is 1.48. The van der Waals surface area contributed by atoms with Crippen LogP contribution in [0.25, 0.3) is 11.0 Å². The summed E-state index contributed by atoms with van der Waals surface area (Å²) in [7, 11) is 1.88. The molecule has 3 aromatic heterocycles. The van der Waals surface area contributed by atoms with Gasteiger partial charge in [-0.1, -0.05) is 0 Å². The molecule has 1 N–H and O–H groups in total. The van der Waals surface area contributed by atoms with Gasteiger partial charge in [0.1, 0.15) is 0 Å². The zero-order chi connectivity index (χ0) is 17.8. The highest BCUT2D eigenvalue weighted by molar-refractivity contribution is 6.12. The van der Waals surface area contributed by atoms with Gasteiger partial charge in [-0.2, -0.15) is 10.2 Å². The summed E-state index contributed by atoms with van der Waals surface area (Å²) in [5.41, 5.74) is 3.98. The number of fused-ring (bicyclic) bond motifs is 1. The number of aromatic nitrogens is 5. The second-order valence-corrected chi connectivity index (χ2v) is 7.63. The molecule has 0 atom stereocenters. The second kappa shape index (κ2) is 5.65. The van der Waals surface area contributed by atoms with Crippen LogP contribution in [0.15, 0.2) is 18.5 Å². The third kappa shape index (κ3) is 2.77. The van der Waals surface area contributed by atoms with Crippen LogP contribution >= 0.6 is 0 Å². The molecule has 2 saturated carbocycles. The number of carbonyl (C=O) groups is 1. The van der Waals surface area contributed by atoms with E-state index in [0.29, 0.717) is 11.5 Å². The summed E-state index contributed by atoms with van der Waals surface area (Å²) in [6.45, 7) is 2.86. The highest BCUT2D eigenvalue weighted by atomic mass is 16.1. The van der Waals surface area contributed by atoms with Crippen LogP contribution < -0.4 is 5.32 Å². The topological polar surface area (TPSA) is 77.6 Å². The lowest BCUT2D eigenvalue weighted by molar-refractivity contribution is 0.102. The average molecular weight is 350 g/mol. The number of hydrogen-bond donors (Lipinski definition) is 1. The quantitative estimate of drug-likeness (QED) is 0.767. The number of amides is 1. The van der Waals surface area contributed by atoms with Crippen LogP contribution in [0.1, 0.15) is 53.3 Å². The maximum absolute atomic E-state index is 13.0. The van der Waals surface area contributed by atoms with E-state index in [9.17, 15) is 4.79 Å². The minimum absolute atomic E-state index is 0.124. The molecule has 1 amide bonds. The fraction of sp³-hybridized carbons (Fsp3) is 0.474. The molecule has 7 nitrogen and oxygen atoms in total. The molecule has 0 unspecified atom stereocenters. The Morgan fingerprint density at radius 3 is 2.85 bits per heavy atom. The Labute approximate surface area is 151 Å². The fourth-order valence-electron chi connectivity index (χ4n) is 3.52. The Kier molecular flexibility index (Phi) is 3.38. The van der Waals surface area contributed by atoms with Gasteiger partial charge in [0, 0.05) is 31.4 Å². The molecule has 2 aliphatic rings. The first kappa shape index (κ1) is 15.5. The van der Waals surface area contributed by atoms with Crippen LogP contribution in [0.3, 0.4) is 0 Å².